The van der Waals surface area contributed by atoms with Crippen LogP contribution in [0.1, 0.15) is 22.9 Å². The van der Waals surface area contributed by atoms with Gasteiger partial charge < -0.3 is 10.4 Å². The van der Waals surface area contributed by atoms with Crippen molar-refractivity contribution in [2.45, 2.75) is 26.0 Å². The normalized spacial score (nSPS) is 14.3. The molecule has 19 heavy (non-hydrogen) atoms. The first-order valence-corrected chi connectivity index (χ1v) is 7.09. The van der Waals surface area contributed by atoms with Crippen LogP contribution in [0.5, 0.6) is 0 Å². The number of aryl methyl sites for hydroxylation is 1. The molecule has 2 nitrogen and oxygen atoms in total. The van der Waals surface area contributed by atoms with Crippen molar-refractivity contribution in [1.29, 1.82) is 0 Å². The molecule has 1 atom stereocenters. The first kappa shape index (κ1) is 14.2. The summed E-state index contributed by atoms with van der Waals surface area (Å²) in [6.45, 7) is 4.50. The summed E-state index contributed by atoms with van der Waals surface area (Å²) >= 11 is 1.52. The highest BCUT2D eigenvalue weighted by Crippen LogP contribution is 2.24. The van der Waals surface area contributed by atoms with Gasteiger partial charge in [-0.05, 0) is 31.4 Å². The van der Waals surface area contributed by atoms with Crippen molar-refractivity contribution in [3.8, 4) is 0 Å². The molecule has 0 aliphatic carbocycles. The molecule has 2 rings (SSSR count). The molecule has 0 radical (unpaired) electrons. The summed E-state index contributed by atoms with van der Waals surface area (Å²) in [7, 11) is 0. The molecule has 2 aromatic rings. The molecule has 0 spiro atoms. The van der Waals surface area contributed by atoms with Crippen LogP contribution >= 0.6 is 11.3 Å². The second kappa shape index (κ2) is 5.82. The van der Waals surface area contributed by atoms with E-state index in [1.807, 2.05) is 30.5 Å². The lowest BCUT2D eigenvalue weighted by Crippen LogP contribution is -2.34. The van der Waals surface area contributed by atoms with Gasteiger partial charge in [-0.25, -0.2) is 4.39 Å². The van der Waals surface area contributed by atoms with E-state index in [1.54, 1.807) is 13.0 Å². The molecule has 4 heteroatoms. The number of hydrogen-bond acceptors (Lipinski definition) is 3. The van der Waals surface area contributed by atoms with E-state index in [9.17, 15) is 9.50 Å². The quantitative estimate of drug-likeness (QED) is 0.881. The smallest absolute Gasteiger partial charge is 0.127 e. The minimum absolute atomic E-state index is 0.214. The Hall–Kier alpha value is -1.23. The number of aliphatic hydroxyl groups is 1. The van der Waals surface area contributed by atoms with Crippen LogP contribution in [0.15, 0.2) is 35.7 Å². The third-order valence-electron chi connectivity index (χ3n) is 3.04. The zero-order valence-corrected chi connectivity index (χ0v) is 11.9. The van der Waals surface area contributed by atoms with E-state index in [2.05, 4.69) is 5.32 Å². The summed E-state index contributed by atoms with van der Waals surface area (Å²) in [6.07, 6.45) is 0. The zero-order chi connectivity index (χ0) is 13.9. The first-order chi connectivity index (χ1) is 8.99. The maximum absolute atomic E-state index is 13.6. The molecule has 0 aliphatic rings. The number of nitrogens with one attached hydrogen (secondary N) is 1. The Morgan fingerprint density at radius 3 is 2.84 bits per heavy atom. The summed E-state index contributed by atoms with van der Waals surface area (Å²) in [5.41, 5.74) is 0.735. The van der Waals surface area contributed by atoms with Gasteiger partial charge in [0.2, 0.25) is 0 Å². The van der Waals surface area contributed by atoms with Crippen LogP contribution in [0.3, 0.4) is 0 Å². The summed E-state index contributed by atoms with van der Waals surface area (Å²) in [5.74, 6) is -0.214. The third-order valence-corrected chi connectivity index (χ3v) is 4.16. The second-order valence-corrected chi connectivity index (χ2v) is 5.90. The molecule has 0 saturated heterocycles. The molecule has 1 heterocycles. The number of hydrogen-bond donors (Lipinski definition) is 2. The van der Waals surface area contributed by atoms with E-state index >= 15 is 0 Å². The fourth-order valence-corrected chi connectivity index (χ4v) is 2.74. The van der Waals surface area contributed by atoms with Crippen molar-refractivity contribution in [2.24, 2.45) is 0 Å². The van der Waals surface area contributed by atoms with E-state index in [1.165, 1.54) is 17.4 Å². The van der Waals surface area contributed by atoms with Gasteiger partial charge in [0.05, 0.1) is 0 Å². The fourth-order valence-electron chi connectivity index (χ4n) is 1.95. The van der Waals surface area contributed by atoms with Crippen molar-refractivity contribution in [3.63, 3.8) is 0 Å². The van der Waals surface area contributed by atoms with E-state index in [-0.39, 0.29) is 5.82 Å². The van der Waals surface area contributed by atoms with Crippen LogP contribution in [0, 0.1) is 12.7 Å². The summed E-state index contributed by atoms with van der Waals surface area (Å²) in [6, 6.07) is 8.86. The molecule has 0 fully saturated rings. The Labute approximate surface area is 116 Å². The van der Waals surface area contributed by atoms with Crippen LogP contribution in [0.25, 0.3) is 0 Å². The lowest BCUT2D eigenvalue weighted by molar-refractivity contribution is 0.0603. The molecule has 1 aromatic carbocycles. The Morgan fingerprint density at radius 1 is 1.37 bits per heavy atom. The Kier molecular flexibility index (Phi) is 4.34. The van der Waals surface area contributed by atoms with E-state index < -0.39 is 5.60 Å². The van der Waals surface area contributed by atoms with Gasteiger partial charge in [-0.1, -0.05) is 23.8 Å². The van der Waals surface area contributed by atoms with Crippen molar-refractivity contribution >= 4 is 11.3 Å². The second-order valence-electron chi connectivity index (χ2n) is 4.95. The van der Waals surface area contributed by atoms with Crippen LogP contribution in [0.2, 0.25) is 0 Å². The minimum atomic E-state index is -0.922. The van der Waals surface area contributed by atoms with Gasteiger partial charge in [-0.2, -0.15) is 0 Å². The summed E-state index contributed by atoms with van der Waals surface area (Å²) < 4.78 is 13.6. The van der Waals surface area contributed by atoms with Crippen molar-refractivity contribution in [1.82, 2.24) is 5.32 Å². The Bertz CT molecular complexity index is 537. The highest BCUT2D eigenvalue weighted by atomic mass is 32.1. The van der Waals surface area contributed by atoms with Gasteiger partial charge in [0.1, 0.15) is 11.4 Å². The maximum atomic E-state index is 13.6. The largest absolute Gasteiger partial charge is 0.383 e. The topological polar surface area (TPSA) is 32.3 Å². The Balaban J connectivity index is 1.95. The molecule has 1 aromatic heterocycles. The van der Waals surface area contributed by atoms with Gasteiger partial charge in [0.25, 0.3) is 0 Å². The van der Waals surface area contributed by atoms with Gasteiger partial charge in [-0.3, -0.25) is 0 Å². The Morgan fingerprint density at radius 2 is 2.16 bits per heavy atom. The van der Waals surface area contributed by atoms with Crippen LogP contribution in [0.4, 0.5) is 4.39 Å². The van der Waals surface area contributed by atoms with E-state index in [0.29, 0.717) is 18.7 Å². The first-order valence-electron chi connectivity index (χ1n) is 6.21. The number of thiophene rings is 1. The maximum Gasteiger partial charge on any atom is 0.127 e. The number of halogens is 1. The van der Waals surface area contributed by atoms with Gasteiger partial charge in [0, 0.05) is 23.5 Å². The lowest BCUT2D eigenvalue weighted by atomic mass is 10.0. The van der Waals surface area contributed by atoms with Crippen molar-refractivity contribution in [3.05, 3.63) is 57.5 Å². The molecule has 1 unspecified atom stereocenters. The van der Waals surface area contributed by atoms with E-state index in [4.69, 9.17) is 0 Å². The van der Waals surface area contributed by atoms with Gasteiger partial charge in [-0.15, -0.1) is 11.3 Å². The fraction of sp³-hybridized carbons (Fsp3) is 0.333. The third kappa shape index (κ3) is 3.62. The highest BCUT2D eigenvalue weighted by molar-refractivity contribution is 7.10. The average molecular weight is 279 g/mol. The molecule has 0 saturated carbocycles. The number of rotatable bonds is 5. The molecular formula is C15H18FNOS. The van der Waals surface area contributed by atoms with Crippen LogP contribution < -0.4 is 5.32 Å². The highest BCUT2D eigenvalue weighted by Gasteiger charge is 2.23. The zero-order valence-electron chi connectivity index (χ0n) is 11.1. The van der Waals surface area contributed by atoms with Crippen molar-refractivity contribution in [2.75, 3.05) is 6.54 Å². The monoisotopic (exact) mass is 279 g/mol. The summed E-state index contributed by atoms with van der Waals surface area (Å²) in [5, 5.41) is 15.4. The SMILES string of the molecule is Cc1ccc(F)c(CNCC(C)(O)c2cccs2)c1. The number of benzene rings is 1. The molecule has 0 amide bonds. The average Bonchev–Trinajstić information content (AvgIpc) is 2.88. The van der Waals surface area contributed by atoms with Gasteiger partial charge in [0.15, 0.2) is 0 Å². The lowest BCUT2D eigenvalue weighted by Gasteiger charge is -2.22. The molecular weight excluding hydrogens is 261 g/mol. The predicted octanol–water partition coefficient (Wildman–Crippen LogP) is 3.19. The molecule has 102 valence electrons. The van der Waals surface area contributed by atoms with Crippen LogP contribution in [-0.2, 0) is 12.1 Å². The van der Waals surface area contributed by atoms with Crippen molar-refractivity contribution < 1.29 is 9.50 Å². The standard InChI is InChI=1S/C15H18FNOS/c1-11-5-6-13(16)12(8-11)9-17-10-15(2,18)14-4-3-7-19-14/h3-8,17-18H,9-10H2,1-2H3. The minimum Gasteiger partial charge on any atom is -0.383 e. The van der Waals surface area contributed by atoms with Gasteiger partial charge >= 0.3 is 0 Å². The van der Waals surface area contributed by atoms with E-state index in [0.717, 1.165) is 10.4 Å². The summed E-state index contributed by atoms with van der Waals surface area (Å²) in [4.78, 5) is 0.907. The molecule has 0 bridgehead atoms. The molecule has 2 N–H and O–H groups in total. The van der Waals surface area contributed by atoms with Crippen LogP contribution in [-0.4, -0.2) is 11.7 Å². The molecule has 0 aliphatic heterocycles. The predicted molar refractivity (Wildman–Crippen MR) is 76.7 cm³/mol.